The normalized spacial score (nSPS) is 24.3. The van der Waals surface area contributed by atoms with Gasteiger partial charge in [-0.15, -0.1) is 0 Å². The van der Waals surface area contributed by atoms with Crippen LogP contribution in [0.2, 0.25) is 0 Å². The molecule has 1 atom stereocenters. The van der Waals surface area contributed by atoms with Gasteiger partial charge < -0.3 is 15.1 Å². The number of nitrogens with one attached hydrogen (secondary N) is 3. The van der Waals surface area contributed by atoms with Crippen LogP contribution in [0.4, 0.5) is 0 Å². The Morgan fingerprint density at radius 1 is 1.17 bits per heavy atom. The van der Waals surface area contributed by atoms with E-state index in [2.05, 4.69) is 14.7 Å². The zero-order valence-electron chi connectivity index (χ0n) is 15.6. The first-order valence-electron chi connectivity index (χ1n) is 9.76. The maximum Gasteiger partial charge on any atom is 0.337 e. The summed E-state index contributed by atoms with van der Waals surface area (Å²) >= 11 is 0. The number of rotatable bonds is 4. The number of carboxylic acid groups (broad SMARTS) is 1. The predicted octanol–water partition coefficient (Wildman–Crippen LogP) is 2.56. The summed E-state index contributed by atoms with van der Waals surface area (Å²) in [5.74, 6) is -0.221. The molecule has 4 N–H and O–H groups in total. The Morgan fingerprint density at radius 3 is 2.59 bits per heavy atom. The van der Waals surface area contributed by atoms with Crippen molar-refractivity contribution in [3.05, 3.63) is 40.3 Å². The van der Waals surface area contributed by atoms with Crippen LogP contribution in [0.15, 0.2) is 34.1 Å². The van der Waals surface area contributed by atoms with E-state index in [1.807, 2.05) is 0 Å². The van der Waals surface area contributed by atoms with Gasteiger partial charge in [0.25, 0.3) is 5.56 Å². The smallest absolute Gasteiger partial charge is 0.337 e. The lowest BCUT2D eigenvalue weighted by molar-refractivity contribution is 0.0699. The molecule has 6 rings (SSSR count). The minimum absolute atomic E-state index is 0.0550. The first-order chi connectivity index (χ1) is 13.8. The van der Waals surface area contributed by atoms with E-state index in [0.717, 1.165) is 19.3 Å². The van der Waals surface area contributed by atoms with Crippen molar-refractivity contribution in [2.45, 2.75) is 43.0 Å². The summed E-state index contributed by atoms with van der Waals surface area (Å²) in [6.45, 7) is 0. The van der Waals surface area contributed by atoms with Gasteiger partial charge in [-0.3, -0.25) is 4.79 Å². The lowest BCUT2D eigenvalue weighted by atomic mass is 9.68. The van der Waals surface area contributed by atoms with Gasteiger partial charge in [-0.1, -0.05) is 12.8 Å². The fourth-order valence-corrected chi connectivity index (χ4v) is 6.38. The molecule has 152 valence electrons. The maximum absolute atomic E-state index is 13.1. The molecule has 8 nitrogen and oxygen atoms in total. The third kappa shape index (κ3) is 2.96. The van der Waals surface area contributed by atoms with Crippen molar-refractivity contribution in [2.24, 2.45) is 11.8 Å². The molecule has 1 aromatic carbocycles. The number of benzene rings is 1. The molecule has 2 heterocycles. The summed E-state index contributed by atoms with van der Waals surface area (Å²) in [6, 6.07) is 4.34. The molecule has 3 aromatic rings. The molecule has 3 aliphatic carbocycles. The van der Waals surface area contributed by atoms with Gasteiger partial charge in [-0.25, -0.2) is 17.9 Å². The number of hydrogen-bond donors (Lipinski definition) is 4. The van der Waals surface area contributed by atoms with Crippen LogP contribution in [0, 0.1) is 11.8 Å². The quantitative estimate of drug-likeness (QED) is 0.520. The molecule has 1 unspecified atom stereocenters. The molecule has 0 aliphatic heterocycles. The molecule has 2 aromatic heterocycles. The van der Waals surface area contributed by atoms with Crippen molar-refractivity contribution in [2.75, 3.05) is 0 Å². The summed E-state index contributed by atoms with van der Waals surface area (Å²) in [5.41, 5.74) is -0.0163. The van der Waals surface area contributed by atoms with Crippen molar-refractivity contribution >= 4 is 37.8 Å². The van der Waals surface area contributed by atoms with E-state index in [1.165, 1.54) is 37.2 Å². The Labute approximate surface area is 166 Å². The van der Waals surface area contributed by atoms with Crippen LogP contribution in [0.1, 0.15) is 42.5 Å². The third-order valence-corrected chi connectivity index (χ3v) is 8.00. The summed E-state index contributed by atoms with van der Waals surface area (Å²) < 4.78 is 29.0. The lowest BCUT2D eigenvalue weighted by Gasteiger charge is -2.42. The van der Waals surface area contributed by atoms with Gasteiger partial charge in [0.05, 0.1) is 10.5 Å². The number of aromatic carboxylic acids is 1. The Kier molecular flexibility index (Phi) is 4.08. The topological polar surface area (TPSA) is 132 Å². The van der Waals surface area contributed by atoms with Gasteiger partial charge in [0.1, 0.15) is 5.52 Å². The maximum atomic E-state index is 13.1. The van der Waals surface area contributed by atoms with E-state index in [-0.39, 0.29) is 27.4 Å². The highest BCUT2D eigenvalue weighted by molar-refractivity contribution is 7.89. The number of hydrogen-bond acceptors (Lipinski definition) is 4. The number of pyridine rings is 1. The van der Waals surface area contributed by atoms with Gasteiger partial charge >= 0.3 is 5.97 Å². The number of H-pyrrole nitrogens is 2. The number of carboxylic acids is 1. The minimum atomic E-state index is -3.77. The van der Waals surface area contributed by atoms with Crippen LogP contribution in [0.5, 0.6) is 0 Å². The van der Waals surface area contributed by atoms with Crippen molar-refractivity contribution in [1.82, 2.24) is 14.7 Å². The zero-order chi connectivity index (χ0) is 20.3. The highest BCUT2D eigenvalue weighted by Crippen LogP contribution is 2.41. The Balaban J connectivity index is 1.61. The molecule has 0 amide bonds. The Morgan fingerprint density at radius 2 is 1.93 bits per heavy atom. The molecule has 3 aliphatic rings. The standard InChI is InChI=1S/C20H21N3O5S/c24-19-18-17(14(9-21-18)20(25)26)13-8-12(5-6-15(13)22-19)29(27,28)23-16-7-10-1-3-11(16)4-2-10/h5-6,8-11,16,21,23H,1-4,7H2,(H,22,24)(H,25,26). The van der Waals surface area contributed by atoms with Gasteiger partial charge in [0.2, 0.25) is 10.0 Å². The van der Waals surface area contributed by atoms with Crippen LogP contribution in [0.25, 0.3) is 21.8 Å². The number of sulfonamides is 1. The van der Waals surface area contributed by atoms with Crippen LogP contribution in [-0.2, 0) is 10.0 Å². The molecular formula is C20H21N3O5S. The molecular weight excluding hydrogens is 394 g/mol. The number of carbonyl (C=O) groups is 1. The molecule has 0 saturated heterocycles. The van der Waals surface area contributed by atoms with E-state index in [4.69, 9.17) is 0 Å². The van der Waals surface area contributed by atoms with Gasteiger partial charge in [-0.2, -0.15) is 0 Å². The Bertz CT molecular complexity index is 1300. The molecule has 0 radical (unpaired) electrons. The average Bonchev–Trinajstić information content (AvgIpc) is 3.15. The van der Waals surface area contributed by atoms with E-state index >= 15 is 0 Å². The van der Waals surface area contributed by atoms with E-state index in [0.29, 0.717) is 22.7 Å². The first kappa shape index (κ1) is 18.4. The molecule has 3 fully saturated rings. The fraction of sp³-hybridized carbons (Fsp3) is 0.400. The van der Waals surface area contributed by atoms with Gasteiger partial charge in [-0.05, 0) is 49.3 Å². The third-order valence-electron chi connectivity index (χ3n) is 6.51. The summed E-state index contributed by atoms with van der Waals surface area (Å²) in [4.78, 5) is 29.2. The van der Waals surface area contributed by atoms with Gasteiger partial charge in [0, 0.05) is 28.5 Å². The molecule has 0 spiro atoms. The molecule has 2 bridgehead atoms. The van der Waals surface area contributed by atoms with Crippen molar-refractivity contribution < 1.29 is 18.3 Å². The monoisotopic (exact) mass is 415 g/mol. The largest absolute Gasteiger partial charge is 0.478 e. The SMILES string of the molecule is O=C(O)c1c[nH]c2c(=O)[nH]c3ccc(S(=O)(=O)NC4CC5CCC4CC5)cc3c12. The molecule has 3 saturated carbocycles. The highest BCUT2D eigenvalue weighted by atomic mass is 32.2. The van der Waals surface area contributed by atoms with Gasteiger partial charge in [0.15, 0.2) is 0 Å². The van der Waals surface area contributed by atoms with Crippen LogP contribution >= 0.6 is 0 Å². The van der Waals surface area contributed by atoms with Crippen molar-refractivity contribution in [1.29, 1.82) is 0 Å². The zero-order valence-corrected chi connectivity index (χ0v) is 16.4. The number of aromatic nitrogens is 2. The predicted molar refractivity (Wildman–Crippen MR) is 108 cm³/mol. The second-order valence-electron chi connectivity index (χ2n) is 8.16. The average molecular weight is 415 g/mol. The first-order valence-corrected chi connectivity index (χ1v) is 11.2. The molecule has 29 heavy (non-hydrogen) atoms. The summed E-state index contributed by atoms with van der Waals surface area (Å²) in [5, 5.41) is 10.1. The minimum Gasteiger partial charge on any atom is -0.478 e. The number of aromatic amines is 2. The van der Waals surface area contributed by atoms with E-state index < -0.39 is 21.6 Å². The lowest BCUT2D eigenvalue weighted by Crippen LogP contribution is -2.46. The van der Waals surface area contributed by atoms with Crippen LogP contribution in [-0.4, -0.2) is 35.5 Å². The van der Waals surface area contributed by atoms with Crippen molar-refractivity contribution in [3.8, 4) is 0 Å². The van der Waals surface area contributed by atoms with Crippen LogP contribution in [0.3, 0.4) is 0 Å². The second kappa shape index (κ2) is 6.43. The Hall–Kier alpha value is -2.65. The fourth-order valence-electron chi connectivity index (χ4n) is 5.03. The summed E-state index contributed by atoms with van der Waals surface area (Å²) in [6.07, 6.45) is 6.59. The van der Waals surface area contributed by atoms with E-state index in [9.17, 15) is 23.1 Å². The van der Waals surface area contributed by atoms with Crippen LogP contribution < -0.4 is 10.3 Å². The van der Waals surface area contributed by atoms with Crippen molar-refractivity contribution in [3.63, 3.8) is 0 Å². The molecule has 9 heteroatoms. The van der Waals surface area contributed by atoms with E-state index in [1.54, 1.807) is 0 Å². The summed E-state index contributed by atoms with van der Waals surface area (Å²) in [7, 11) is -3.77. The number of fused-ring (bicyclic) bond motifs is 6. The second-order valence-corrected chi connectivity index (χ2v) is 9.88. The highest BCUT2D eigenvalue weighted by Gasteiger charge is 2.37.